The van der Waals surface area contributed by atoms with Gasteiger partial charge in [0.05, 0.1) is 21.7 Å². The summed E-state index contributed by atoms with van der Waals surface area (Å²) in [6, 6.07) is 6.65. The highest BCUT2D eigenvalue weighted by atomic mass is 35.5. The zero-order valence-corrected chi connectivity index (χ0v) is 11.2. The monoisotopic (exact) mass is 290 g/mol. The highest BCUT2D eigenvalue weighted by molar-refractivity contribution is 6.39. The van der Waals surface area contributed by atoms with Crippen LogP contribution in [0.1, 0.15) is 11.1 Å². The molecule has 0 aliphatic carbocycles. The van der Waals surface area contributed by atoms with Gasteiger partial charge in [0.1, 0.15) is 5.69 Å². The molecule has 6 heteroatoms. The molecule has 19 heavy (non-hydrogen) atoms. The molecule has 1 aromatic carbocycles. The Morgan fingerprint density at radius 1 is 1.32 bits per heavy atom. The maximum atomic E-state index is 8.79. The first-order valence-corrected chi connectivity index (χ1v) is 6.00. The third kappa shape index (κ3) is 3.02. The van der Waals surface area contributed by atoms with Crippen LogP contribution in [-0.4, -0.2) is 11.2 Å². The third-order valence-corrected chi connectivity index (χ3v) is 2.94. The molecular formula is C13H8Cl2N4. The first-order chi connectivity index (χ1) is 9.11. The van der Waals surface area contributed by atoms with Crippen molar-refractivity contribution in [2.45, 2.75) is 0 Å². The van der Waals surface area contributed by atoms with Crippen molar-refractivity contribution in [3.63, 3.8) is 0 Å². The van der Waals surface area contributed by atoms with Crippen molar-refractivity contribution >= 4 is 40.8 Å². The molecule has 0 aliphatic heterocycles. The van der Waals surface area contributed by atoms with Crippen LogP contribution < -0.4 is 5.73 Å². The number of hydrogen-bond donors (Lipinski definition) is 1. The second-order valence-corrected chi connectivity index (χ2v) is 4.48. The average molecular weight is 291 g/mol. The molecule has 0 bridgehead atoms. The van der Waals surface area contributed by atoms with Crippen molar-refractivity contribution < 1.29 is 0 Å². The van der Waals surface area contributed by atoms with Crippen molar-refractivity contribution in [1.29, 1.82) is 5.26 Å². The Morgan fingerprint density at radius 2 is 2.00 bits per heavy atom. The number of anilines is 1. The van der Waals surface area contributed by atoms with Gasteiger partial charge in [-0.15, -0.1) is 0 Å². The maximum Gasteiger partial charge on any atom is 0.100 e. The molecule has 1 heterocycles. The van der Waals surface area contributed by atoms with Crippen molar-refractivity contribution in [2.24, 2.45) is 4.99 Å². The van der Waals surface area contributed by atoms with Crippen LogP contribution in [-0.2, 0) is 0 Å². The number of benzene rings is 1. The van der Waals surface area contributed by atoms with E-state index in [1.807, 2.05) is 6.07 Å². The van der Waals surface area contributed by atoms with Gasteiger partial charge in [0.15, 0.2) is 0 Å². The predicted octanol–water partition coefficient (Wildman–Crippen LogP) is 3.59. The summed E-state index contributed by atoms with van der Waals surface area (Å²) in [6.45, 7) is 0. The first-order valence-electron chi connectivity index (χ1n) is 5.24. The van der Waals surface area contributed by atoms with Crippen molar-refractivity contribution in [3.05, 3.63) is 51.8 Å². The van der Waals surface area contributed by atoms with Gasteiger partial charge in [-0.25, -0.2) is 0 Å². The van der Waals surface area contributed by atoms with Gasteiger partial charge in [-0.1, -0.05) is 23.2 Å². The van der Waals surface area contributed by atoms with Crippen LogP contribution in [0.15, 0.2) is 35.6 Å². The van der Waals surface area contributed by atoms with Crippen LogP contribution in [0.25, 0.3) is 0 Å². The highest BCUT2D eigenvalue weighted by Crippen LogP contribution is 2.34. The number of nitrogens with zero attached hydrogens (tertiary/aromatic N) is 3. The molecule has 94 valence electrons. The summed E-state index contributed by atoms with van der Waals surface area (Å²) in [5, 5.41) is 9.41. The second kappa shape index (κ2) is 5.70. The molecule has 0 amide bonds. The molecule has 2 aromatic rings. The number of aromatic nitrogens is 1. The SMILES string of the molecule is N#Cc1cc(Cl)c(N=Cc2cnccc2N)c(Cl)c1. The standard InChI is InChI=1S/C13H8Cl2N4/c14-10-3-8(5-16)4-11(15)13(10)19-7-9-6-18-2-1-12(9)17/h1-4,6-7H,(H2,17,18). The molecule has 0 aliphatic rings. The Morgan fingerprint density at radius 3 is 2.58 bits per heavy atom. The lowest BCUT2D eigenvalue weighted by Gasteiger charge is -2.02. The Labute approximate surface area is 120 Å². The largest absolute Gasteiger partial charge is 0.398 e. The van der Waals surface area contributed by atoms with Crippen molar-refractivity contribution in [2.75, 3.05) is 5.73 Å². The van der Waals surface area contributed by atoms with Crippen LogP contribution in [0, 0.1) is 11.3 Å². The maximum absolute atomic E-state index is 8.79. The number of halogens is 2. The Hall–Kier alpha value is -2.09. The smallest absolute Gasteiger partial charge is 0.100 e. The summed E-state index contributed by atoms with van der Waals surface area (Å²) >= 11 is 12.0. The average Bonchev–Trinajstić information content (AvgIpc) is 2.39. The number of hydrogen-bond acceptors (Lipinski definition) is 4. The fourth-order valence-corrected chi connectivity index (χ4v) is 2.00. The first kappa shape index (κ1) is 13.3. The molecule has 0 saturated heterocycles. The molecule has 0 atom stereocenters. The van der Waals surface area contributed by atoms with E-state index in [1.165, 1.54) is 18.3 Å². The topological polar surface area (TPSA) is 75.1 Å². The van der Waals surface area contributed by atoms with Crippen molar-refractivity contribution in [3.8, 4) is 6.07 Å². The van der Waals surface area contributed by atoms with Crippen LogP contribution >= 0.6 is 23.2 Å². The summed E-state index contributed by atoms with van der Waals surface area (Å²) in [5.41, 5.74) is 7.77. The summed E-state index contributed by atoms with van der Waals surface area (Å²) in [7, 11) is 0. The number of aliphatic imine (C=N–C) groups is 1. The fourth-order valence-electron chi connectivity index (χ4n) is 1.41. The molecular weight excluding hydrogens is 283 g/mol. The van der Waals surface area contributed by atoms with Crippen LogP contribution in [0.5, 0.6) is 0 Å². The van der Waals surface area contributed by atoms with E-state index in [0.29, 0.717) is 32.5 Å². The number of nitrogen functional groups attached to an aromatic ring is 1. The minimum atomic E-state index is 0.308. The van der Waals surface area contributed by atoms with Crippen LogP contribution in [0.3, 0.4) is 0 Å². The predicted molar refractivity (Wildman–Crippen MR) is 77.1 cm³/mol. The molecule has 4 nitrogen and oxygen atoms in total. The normalized spacial score (nSPS) is 10.6. The Bertz CT molecular complexity index is 666. The van der Waals surface area contributed by atoms with Gasteiger partial charge in [-0.3, -0.25) is 9.98 Å². The molecule has 1 aromatic heterocycles. The molecule has 2 N–H and O–H groups in total. The summed E-state index contributed by atoms with van der Waals surface area (Å²) in [4.78, 5) is 8.14. The lowest BCUT2D eigenvalue weighted by molar-refractivity contribution is 1.32. The number of rotatable bonds is 2. The summed E-state index contributed by atoms with van der Waals surface area (Å²) < 4.78 is 0. The minimum Gasteiger partial charge on any atom is -0.398 e. The Kier molecular flexibility index (Phi) is 4.00. The Balaban J connectivity index is 2.40. The molecule has 0 fully saturated rings. The molecule has 0 radical (unpaired) electrons. The summed E-state index contributed by atoms with van der Waals surface area (Å²) in [6.07, 6.45) is 4.71. The van der Waals surface area contributed by atoms with Gasteiger partial charge in [-0.05, 0) is 18.2 Å². The lowest BCUT2D eigenvalue weighted by Crippen LogP contribution is -1.93. The van der Waals surface area contributed by atoms with Gasteiger partial charge in [-0.2, -0.15) is 5.26 Å². The van der Waals surface area contributed by atoms with E-state index in [2.05, 4.69) is 9.98 Å². The molecule has 0 saturated carbocycles. The lowest BCUT2D eigenvalue weighted by atomic mass is 10.2. The van der Waals surface area contributed by atoms with E-state index in [0.717, 1.165) is 0 Å². The molecule has 0 spiro atoms. The molecule has 0 unspecified atom stereocenters. The summed E-state index contributed by atoms with van der Waals surface area (Å²) in [5.74, 6) is 0. The zero-order chi connectivity index (χ0) is 13.8. The van der Waals surface area contributed by atoms with Gasteiger partial charge in [0, 0.05) is 29.9 Å². The van der Waals surface area contributed by atoms with Gasteiger partial charge in [0.2, 0.25) is 0 Å². The molecule has 2 rings (SSSR count). The van der Waals surface area contributed by atoms with Crippen LogP contribution in [0.2, 0.25) is 10.0 Å². The van der Waals surface area contributed by atoms with Gasteiger partial charge < -0.3 is 5.73 Å². The van der Waals surface area contributed by atoms with E-state index in [-0.39, 0.29) is 0 Å². The minimum absolute atomic E-state index is 0.308. The van der Waals surface area contributed by atoms with Gasteiger partial charge >= 0.3 is 0 Å². The quantitative estimate of drug-likeness (QED) is 0.859. The van der Waals surface area contributed by atoms with E-state index < -0.39 is 0 Å². The number of nitriles is 1. The van der Waals surface area contributed by atoms with Gasteiger partial charge in [0.25, 0.3) is 0 Å². The highest BCUT2D eigenvalue weighted by Gasteiger charge is 2.07. The zero-order valence-electron chi connectivity index (χ0n) is 9.64. The van der Waals surface area contributed by atoms with E-state index in [9.17, 15) is 0 Å². The second-order valence-electron chi connectivity index (χ2n) is 3.66. The van der Waals surface area contributed by atoms with E-state index >= 15 is 0 Å². The van der Waals surface area contributed by atoms with E-state index in [1.54, 1.807) is 18.5 Å². The van der Waals surface area contributed by atoms with Crippen LogP contribution in [0.4, 0.5) is 11.4 Å². The van der Waals surface area contributed by atoms with Crippen molar-refractivity contribution in [1.82, 2.24) is 4.98 Å². The third-order valence-electron chi connectivity index (χ3n) is 2.37. The van der Waals surface area contributed by atoms with E-state index in [4.69, 9.17) is 34.2 Å². The fraction of sp³-hybridized carbons (Fsp3) is 0. The number of pyridine rings is 1. The number of nitrogens with two attached hydrogens (primary N) is 1.